The number of aryl methyl sites for hydroxylation is 1. The lowest BCUT2D eigenvalue weighted by Gasteiger charge is -2.00. The van der Waals surface area contributed by atoms with Crippen LogP contribution in [0.5, 0.6) is 0 Å². The van der Waals surface area contributed by atoms with E-state index in [1.54, 1.807) is 0 Å². The number of aliphatic hydroxyl groups is 1. The molecule has 1 amide bonds. The molecule has 0 aliphatic carbocycles. The van der Waals surface area contributed by atoms with Gasteiger partial charge in [0.1, 0.15) is 0 Å². The second kappa shape index (κ2) is 4.99. The molecule has 0 spiro atoms. The summed E-state index contributed by atoms with van der Waals surface area (Å²) < 4.78 is 0. The number of nitrogens with one attached hydrogen (secondary N) is 1. The summed E-state index contributed by atoms with van der Waals surface area (Å²) in [5, 5.41) is 11.2. The van der Waals surface area contributed by atoms with Crippen LogP contribution in [-0.4, -0.2) is 24.2 Å². The van der Waals surface area contributed by atoms with Crippen LogP contribution in [0.1, 0.15) is 21.0 Å². The summed E-state index contributed by atoms with van der Waals surface area (Å²) in [4.78, 5) is 13.2. The van der Waals surface area contributed by atoms with E-state index in [2.05, 4.69) is 5.32 Å². The van der Waals surface area contributed by atoms with E-state index in [0.29, 0.717) is 13.0 Å². The molecule has 0 aromatic carbocycles. The minimum Gasteiger partial charge on any atom is -0.396 e. The van der Waals surface area contributed by atoms with E-state index in [1.165, 1.54) is 11.3 Å². The molecule has 0 atom stereocenters. The first kappa shape index (κ1) is 10.2. The van der Waals surface area contributed by atoms with Crippen LogP contribution in [-0.2, 0) is 0 Å². The Bertz CT molecular complexity index is 283. The van der Waals surface area contributed by atoms with Gasteiger partial charge in [0.05, 0.1) is 4.88 Å². The highest BCUT2D eigenvalue weighted by atomic mass is 32.1. The molecule has 72 valence electrons. The minimum atomic E-state index is -0.0495. The van der Waals surface area contributed by atoms with Crippen molar-refractivity contribution in [2.75, 3.05) is 13.2 Å². The standard InChI is InChI=1S/C9H13NO2S/c1-7-3-4-8(13-7)9(12)10-5-2-6-11/h3-4,11H,2,5-6H2,1H3,(H,10,12). The van der Waals surface area contributed by atoms with Crippen molar-refractivity contribution in [1.82, 2.24) is 5.32 Å². The summed E-state index contributed by atoms with van der Waals surface area (Å²) in [5.74, 6) is -0.0495. The third-order valence-electron chi connectivity index (χ3n) is 1.58. The Balaban J connectivity index is 2.40. The van der Waals surface area contributed by atoms with Crippen molar-refractivity contribution in [2.45, 2.75) is 13.3 Å². The molecule has 0 aliphatic rings. The molecule has 0 saturated heterocycles. The number of hydrogen-bond acceptors (Lipinski definition) is 3. The second-order valence-corrected chi connectivity index (χ2v) is 4.03. The smallest absolute Gasteiger partial charge is 0.261 e. The van der Waals surface area contributed by atoms with Crippen LogP contribution in [0.15, 0.2) is 12.1 Å². The molecular weight excluding hydrogens is 186 g/mol. The van der Waals surface area contributed by atoms with E-state index in [-0.39, 0.29) is 12.5 Å². The van der Waals surface area contributed by atoms with Crippen LogP contribution in [0.25, 0.3) is 0 Å². The predicted octanol–water partition coefficient (Wildman–Crippen LogP) is 1.17. The summed E-state index contributed by atoms with van der Waals surface area (Å²) in [5.41, 5.74) is 0. The fraction of sp³-hybridized carbons (Fsp3) is 0.444. The summed E-state index contributed by atoms with van der Waals surface area (Å²) >= 11 is 1.48. The number of hydrogen-bond donors (Lipinski definition) is 2. The van der Waals surface area contributed by atoms with Crippen LogP contribution in [0.2, 0.25) is 0 Å². The first-order chi connectivity index (χ1) is 6.24. The van der Waals surface area contributed by atoms with Gasteiger partial charge in [0.2, 0.25) is 0 Å². The Morgan fingerprint density at radius 3 is 2.92 bits per heavy atom. The third kappa shape index (κ3) is 3.16. The average molecular weight is 199 g/mol. The molecule has 2 N–H and O–H groups in total. The van der Waals surface area contributed by atoms with E-state index in [9.17, 15) is 4.79 Å². The average Bonchev–Trinajstić information content (AvgIpc) is 2.52. The topological polar surface area (TPSA) is 49.3 Å². The second-order valence-electron chi connectivity index (χ2n) is 2.74. The summed E-state index contributed by atoms with van der Waals surface area (Å²) in [7, 11) is 0. The van der Waals surface area contributed by atoms with Crippen LogP contribution in [0.3, 0.4) is 0 Å². The summed E-state index contributed by atoms with van der Waals surface area (Å²) in [6, 6.07) is 3.74. The molecule has 13 heavy (non-hydrogen) atoms. The molecule has 1 aromatic rings. The zero-order valence-corrected chi connectivity index (χ0v) is 8.36. The van der Waals surface area contributed by atoms with Crippen molar-refractivity contribution >= 4 is 17.2 Å². The number of carbonyl (C=O) groups excluding carboxylic acids is 1. The molecule has 0 saturated carbocycles. The van der Waals surface area contributed by atoms with Crippen molar-refractivity contribution in [2.24, 2.45) is 0 Å². The summed E-state index contributed by atoms with van der Waals surface area (Å²) in [6.45, 7) is 2.62. The van der Waals surface area contributed by atoms with Gasteiger partial charge >= 0.3 is 0 Å². The molecular formula is C9H13NO2S. The molecule has 1 rings (SSSR count). The minimum absolute atomic E-state index is 0.0495. The van der Waals surface area contributed by atoms with Gasteiger partial charge < -0.3 is 10.4 Å². The maximum Gasteiger partial charge on any atom is 0.261 e. The largest absolute Gasteiger partial charge is 0.396 e. The molecule has 3 nitrogen and oxygen atoms in total. The maximum atomic E-state index is 11.4. The Hall–Kier alpha value is -0.870. The van der Waals surface area contributed by atoms with Gasteiger partial charge in [-0.05, 0) is 25.5 Å². The molecule has 0 aliphatic heterocycles. The van der Waals surface area contributed by atoms with Crippen molar-refractivity contribution in [3.63, 3.8) is 0 Å². The monoisotopic (exact) mass is 199 g/mol. The lowest BCUT2D eigenvalue weighted by Crippen LogP contribution is -2.24. The molecule has 0 radical (unpaired) electrons. The number of aliphatic hydroxyl groups excluding tert-OH is 1. The zero-order valence-electron chi connectivity index (χ0n) is 7.54. The van der Waals surface area contributed by atoms with Crippen molar-refractivity contribution in [3.8, 4) is 0 Å². The van der Waals surface area contributed by atoms with E-state index in [0.717, 1.165) is 9.75 Å². The Morgan fingerprint density at radius 2 is 2.38 bits per heavy atom. The van der Waals surface area contributed by atoms with Crippen LogP contribution < -0.4 is 5.32 Å². The highest BCUT2D eigenvalue weighted by molar-refractivity contribution is 7.13. The molecule has 1 heterocycles. The van der Waals surface area contributed by atoms with Gasteiger partial charge in [-0.15, -0.1) is 11.3 Å². The number of amides is 1. The Labute approximate surface area is 81.4 Å². The lowest BCUT2D eigenvalue weighted by molar-refractivity contribution is 0.0955. The molecule has 0 bridgehead atoms. The maximum absolute atomic E-state index is 11.4. The Morgan fingerprint density at radius 1 is 1.62 bits per heavy atom. The van der Waals surface area contributed by atoms with Gasteiger partial charge in [-0.1, -0.05) is 0 Å². The van der Waals surface area contributed by atoms with Gasteiger partial charge in [0.15, 0.2) is 0 Å². The van der Waals surface area contributed by atoms with Crippen molar-refractivity contribution in [1.29, 1.82) is 0 Å². The quantitative estimate of drug-likeness (QED) is 0.715. The highest BCUT2D eigenvalue weighted by Gasteiger charge is 2.05. The third-order valence-corrected chi connectivity index (χ3v) is 2.58. The fourth-order valence-electron chi connectivity index (χ4n) is 0.925. The van der Waals surface area contributed by atoms with E-state index < -0.39 is 0 Å². The summed E-state index contributed by atoms with van der Waals surface area (Å²) in [6.07, 6.45) is 0.607. The fourth-order valence-corrected chi connectivity index (χ4v) is 1.71. The Kier molecular flexibility index (Phi) is 3.92. The number of thiophene rings is 1. The number of rotatable bonds is 4. The van der Waals surface area contributed by atoms with Gasteiger partial charge in [0.25, 0.3) is 5.91 Å². The van der Waals surface area contributed by atoms with Gasteiger partial charge in [-0.3, -0.25) is 4.79 Å². The molecule has 0 unspecified atom stereocenters. The predicted molar refractivity (Wildman–Crippen MR) is 53.1 cm³/mol. The number of carbonyl (C=O) groups is 1. The van der Waals surface area contributed by atoms with Crippen molar-refractivity contribution in [3.05, 3.63) is 21.9 Å². The van der Waals surface area contributed by atoms with Crippen LogP contribution in [0.4, 0.5) is 0 Å². The lowest BCUT2D eigenvalue weighted by atomic mass is 10.4. The zero-order chi connectivity index (χ0) is 9.68. The molecule has 4 heteroatoms. The van der Waals surface area contributed by atoms with Gasteiger partial charge in [0, 0.05) is 18.0 Å². The van der Waals surface area contributed by atoms with Gasteiger partial charge in [-0.2, -0.15) is 0 Å². The van der Waals surface area contributed by atoms with Gasteiger partial charge in [-0.25, -0.2) is 0 Å². The van der Waals surface area contributed by atoms with E-state index in [4.69, 9.17) is 5.11 Å². The molecule has 1 aromatic heterocycles. The van der Waals surface area contributed by atoms with Crippen LogP contribution in [0, 0.1) is 6.92 Å². The normalized spacial score (nSPS) is 10.0. The SMILES string of the molecule is Cc1ccc(C(=O)NCCCO)s1. The van der Waals surface area contributed by atoms with E-state index in [1.807, 2.05) is 19.1 Å². The van der Waals surface area contributed by atoms with Crippen molar-refractivity contribution < 1.29 is 9.90 Å². The molecule has 0 fully saturated rings. The highest BCUT2D eigenvalue weighted by Crippen LogP contribution is 2.14. The van der Waals surface area contributed by atoms with E-state index >= 15 is 0 Å². The first-order valence-electron chi connectivity index (χ1n) is 4.19. The van der Waals surface area contributed by atoms with Crippen LogP contribution >= 0.6 is 11.3 Å². The first-order valence-corrected chi connectivity index (χ1v) is 5.01.